The predicted molar refractivity (Wildman–Crippen MR) is 70.2 cm³/mol. The average molecular weight is 278 g/mol. The molecule has 0 fully saturated rings. The molecule has 98 valence electrons. The van der Waals surface area contributed by atoms with Gasteiger partial charge >= 0.3 is 5.97 Å². The molecule has 0 unspecified atom stereocenters. The summed E-state index contributed by atoms with van der Waals surface area (Å²) in [6, 6.07) is 6.08. The third-order valence-electron chi connectivity index (χ3n) is 2.32. The van der Waals surface area contributed by atoms with Gasteiger partial charge in [-0.25, -0.2) is 9.78 Å². The molecule has 19 heavy (non-hydrogen) atoms. The van der Waals surface area contributed by atoms with Crippen molar-refractivity contribution in [2.24, 2.45) is 0 Å². The van der Waals surface area contributed by atoms with Crippen molar-refractivity contribution in [1.82, 2.24) is 4.98 Å². The standard InChI is InChI=1S/C12H10N2O4S/c1-2-18-12(15)11-13-7-10(19-11)8-3-5-9(6-4-8)14(16)17/h3-7H,2H2,1H3. The first-order valence-corrected chi connectivity index (χ1v) is 6.31. The Morgan fingerprint density at radius 2 is 2.11 bits per heavy atom. The van der Waals surface area contributed by atoms with Crippen LogP contribution in [0.5, 0.6) is 0 Å². The summed E-state index contributed by atoms with van der Waals surface area (Å²) in [4.78, 5) is 26.3. The van der Waals surface area contributed by atoms with Gasteiger partial charge in [-0.1, -0.05) is 0 Å². The second kappa shape index (κ2) is 5.57. The van der Waals surface area contributed by atoms with E-state index in [9.17, 15) is 14.9 Å². The van der Waals surface area contributed by atoms with Crippen LogP contribution in [0, 0.1) is 10.1 Å². The van der Waals surface area contributed by atoms with E-state index in [1.807, 2.05) is 0 Å². The fourth-order valence-electron chi connectivity index (χ4n) is 1.44. The number of nitro groups is 1. The van der Waals surface area contributed by atoms with Crippen molar-refractivity contribution in [3.63, 3.8) is 0 Å². The Hall–Kier alpha value is -2.28. The smallest absolute Gasteiger partial charge is 0.367 e. The van der Waals surface area contributed by atoms with E-state index in [2.05, 4.69) is 4.98 Å². The number of nitro benzene ring substituents is 1. The molecule has 0 saturated carbocycles. The second-order valence-corrected chi connectivity index (χ2v) is 4.58. The minimum absolute atomic E-state index is 0.0267. The van der Waals surface area contributed by atoms with Gasteiger partial charge in [-0.3, -0.25) is 10.1 Å². The molecule has 1 aromatic heterocycles. The van der Waals surface area contributed by atoms with E-state index in [-0.39, 0.29) is 10.7 Å². The number of nitrogens with zero attached hydrogens (tertiary/aromatic N) is 2. The van der Waals surface area contributed by atoms with Crippen LogP contribution in [0.4, 0.5) is 5.69 Å². The van der Waals surface area contributed by atoms with Crippen molar-refractivity contribution in [3.8, 4) is 10.4 Å². The highest BCUT2D eigenvalue weighted by Crippen LogP contribution is 2.27. The van der Waals surface area contributed by atoms with Crippen molar-refractivity contribution < 1.29 is 14.5 Å². The molecule has 0 aliphatic rings. The van der Waals surface area contributed by atoms with Gasteiger partial charge in [0.05, 0.1) is 16.4 Å². The summed E-state index contributed by atoms with van der Waals surface area (Å²) in [6.45, 7) is 2.02. The Kier molecular flexibility index (Phi) is 3.86. The molecule has 0 radical (unpaired) electrons. The molecule has 0 saturated heterocycles. The zero-order chi connectivity index (χ0) is 13.8. The maximum absolute atomic E-state index is 11.5. The predicted octanol–water partition coefficient (Wildman–Crippen LogP) is 2.90. The summed E-state index contributed by atoms with van der Waals surface area (Å²) in [5, 5.41) is 10.8. The summed E-state index contributed by atoms with van der Waals surface area (Å²) in [5.74, 6) is -0.458. The quantitative estimate of drug-likeness (QED) is 0.488. The van der Waals surface area contributed by atoms with Crippen LogP contribution in [0.3, 0.4) is 0 Å². The van der Waals surface area contributed by atoms with E-state index < -0.39 is 10.9 Å². The highest BCUT2D eigenvalue weighted by Gasteiger charge is 2.13. The molecule has 7 heteroatoms. The van der Waals surface area contributed by atoms with Crippen LogP contribution in [0.15, 0.2) is 30.5 Å². The third kappa shape index (κ3) is 2.94. The van der Waals surface area contributed by atoms with Crippen molar-refractivity contribution in [1.29, 1.82) is 0 Å². The minimum Gasteiger partial charge on any atom is -0.461 e. The van der Waals surface area contributed by atoms with Gasteiger partial charge in [-0.2, -0.15) is 0 Å². The lowest BCUT2D eigenvalue weighted by molar-refractivity contribution is -0.384. The van der Waals surface area contributed by atoms with Gasteiger partial charge in [0.25, 0.3) is 5.69 Å². The van der Waals surface area contributed by atoms with Crippen LogP contribution in [-0.2, 0) is 4.74 Å². The van der Waals surface area contributed by atoms with Crippen LogP contribution in [0.2, 0.25) is 0 Å². The monoisotopic (exact) mass is 278 g/mol. The molecule has 0 atom stereocenters. The summed E-state index contributed by atoms with van der Waals surface area (Å²) in [6.07, 6.45) is 1.55. The van der Waals surface area contributed by atoms with Gasteiger partial charge in [-0.15, -0.1) is 11.3 Å². The Morgan fingerprint density at radius 1 is 1.42 bits per heavy atom. The Labute approximate surface area is 112 Å². The lowest BCUT2D eigenvalue weighted by Crippen LogP contribution is -2.03. The molecule has 0 spiro atoms. The molecule has 0 N–H and O–H groups in total. The molecule has 0 amide bonds. The average Bonchev–Trinajstić information content (AvgIpc) is 2.89. The number of esters is 1. The number of rotatable bonds is 4. The number of non-ortho nitro benzene ring substituents is 1. The van der Waals surface area contributed by atoms with Gasteiger partial charge < -0.3 is 4.74 Å². The molecular formula is C12H10N2O4S. The van der Waals surface area contributed by atoms with Gasteiger partial charge in [0.15, 0.2) is 0 Å². The molecule has 1 aromatic carbocycles. The molecule has 0 bridgehead atoms. The normalized spacial score (nSPS) is 10.2. The molecule has 2 rings (SSSR count). The van der Waals surface area contributed by atoms with Crippen LogP contribution in [-0.4, -0.2) is 22.5 Å². The highest BCUT2D eigenvalue weighted by molar-refractivity contribution is 7.16. The molecule has 0 aliphatic carbocycles. The van der Waals surface area contributed by atoms with Gasteiger partial charge in [-0.05, 0) is 24.6 Å². The van der Waals surface area contributed by atoms with E-state index in [1.165, 1.54) is 23.5 Å². The first kappa shape index (κ1) is 13.2. The Bertz CT molecular complexity index is 606. The Morgan fingerprint density at radius 3 is 2.68 bits per heavy atom. The maximum Gasteiger partial charge on any atom is 0.367 e. The summed E-state index contributed by atoms with van der Waals surface area (Å²) in [5.41, 5.74) is 0.803. The van der Waals surface area contributed by atoms with Crippen molar-refractivity contribution in [2.45, 2.75) is 6.92 Å². The van der Waals surface area contributed by atoms with Gasteiger partial charge in [0.2, 0.25) is 5.01 Å². The summed E-state index contributed by atoms with van der Waals surface area (Å²) < 4.78 is 4.85. The maximum atomic E-state index is 11.5. The number of carbonyl (C=O) groups is 1. The third-order valence-corrected chi connectivity index (χ3v) is 3.34. The number of aromatic nitrogens is 1. The van der Waals surface area contributed by atoms with Crippen LogP contribution >= 0.6 is 11.3 Å². The first-order chi connectivity index (χ1) is 9.11. The number of carbonyl (C=O) groups excluding carboxylic acids is 1. The minimum atomic E-state index is -0.458. The van der Waals surface area contributed by atoms with Crippen molar-refractivity contribution >= 4 is 23.0 Å². The number of thiazole rings is 1. The topological polar surface area (TPSA) is 82.3 Å². The molecule has 2 aromatic rings. The lowest BCUT2D eigenvalue weighted by Gasteiger charge is -1.97. The number of ether oxygens (including phenoxy) is 1. The fourth-order valence-corrected chi connectivity index (χ4v) is 2.26. The molecule has 6 nitrogen and oxygen atoms in total. The van der Waals surface area contributed by atoms with Crippen LogP contribution in [0.1, 0.15) is 16.7 Å². The number of hydrogen-bond donors (Lipinski definition) is 0. The largest absolute Gasteiger partial charge is 0.461 e. The molecule has 1 heterocycles. The van der Waals surface area contributed by atoms with E-state index in [4.69, 9.17) is 4.74 Å². The second-order valence-electron chi connectivity index (χ2n) is 3.55. The number of hydrogen-bond acceptors (Lipinski definition) is 6. The van der Waals surface area contributed by atoms with Crippen LogP contribution in [0.25, 0.3) is 10.4 Å². The van der Waals surface area contributed by atoms with Crippen molar-refractivity contribution in [2.75, 3.05) is 6.61 Å². The van der Waals surface area contributed by atoms with E-state index in [0.29, 0.717) is 6.61 Å². The number of benzene rings is 1. The van der Waals surface area contributed by atoms with E-state index >= 15 is 0 Å². The zero-order valence-electron chi connectivity index (χ0n) is 10.0. The fraction of sp³-hybridized carbons (Fsp3) is 0.167. The van der Waals surface area contributed by atoms with E-state index in [1.54, 1.807) is 25.3 Å². The van der Waals surface area contributed by atoms with Crippen molar-refractivity contribution in [3.05, 3.63) is 45.6 Å². The van der Waals surface area contributed by atoms with Crippen LogP contribution < -0.4 is 0 Å². The molecule has 0 aliphatic heterocycles. The highest BCUT2D eigenvalue weighted by atomic mass is 32.1. The molecular weight excluding hydrogens is 268 g/mol. The Balaban J connectivity index is 2.23. The summed E-state index contributed by atoms with van der Waals surface area (Å²) >= 11 is 1.19. The zero-order valence-corrected chi connectivity index (χ0v) is 10.8. The lowest BCUT2D eigenvalue weighted by atomic mass is 10.2. The van der Waals surface area contributed by atoms with E-state index in [0.717, 1.165) is 10.4 Å². The SMILES string of the molecule is CCOC(=O)c1ncc(-c2ccc([N+](=O)[O-])cc2)s1. The van der Waals surface area contributed by atoms with Gasteiger partial charge in [0, 0.05) is 18.3 Å². The first-order valence-electron chi connectivity index (χ1n) is 5.49. The van der Waals surface area contributed by atoms with Gasteiger partial charge in [0.1, 0.15) is 0 Å². The summed E-state index contributed by atoms with van der Waals surface area (Å²) in [7, 11) is 0.